The van der Waals surface area contributed by atoms with Crippen molar-refractivity contribution in [2.75, 3.05) is 44.7 Å². The normalized spacial score (nSPS) is 23.2. The number of pyridine rings is 1. The number of nitrogens with zero attached hydrogens (tertiary/aromatic N) is 3. The van der Waals surface area contributed by atoms with E-state index in [9.17, 15) is 0 Å². The Kier molecular flexibility index (Phi) is 5.20. The predicted molar refractivity (Wildman–Crippen MR) is 96.1 cm³/mol. The maximum absolute atomic E-state index is 7.77. The Morgan fingerprint density at radius 3 is 2.75 bits per heavy atom. The molecule has 2 aliphatic rings. The Morgan fingerprint density at radius 1 is 1.33 bits per heavy atom. The summed E-state index contributed by atoms with van der Waals surface area (Å²) in [5.74, 6) is 1.60. The van der Waals surface area contributed by atoms with Crippen molar-refractivity contribution in [1.82, 2.24) is 15.2 Å². The van der Waals surface area contributed by atoms with Crippen molar-refractivity contribution >= 4 is 11.7 Å². The second-order valence-corrected chi connectivity index (χ2v) is 6.83. The zero-order valence-corrected chi connectivity index (χ0v) is 14.6. The van der Waals surface area contributed by atoms with E-state index in [4.69, 9.17) is 15.9 Å². The summed E-state index contributed by atoms with van der Waals surface area (Å²) in [5, 5.41) is 11.1. The quantitative estimate of drug-likeness (QED) is 0.554. The van der Waals surface area contributed by atoms with E-state index in [1.54, 1.807) is 6.07 Å². The molecule has 2 fully saturated rings. The summed E-state index contributed by atoms with van der Waals surface area (Å²) < 4.78 is 6.16. The second kappa shape index (κ2) is 7.36. The van der Waals surface area contributed by atoms with E-state index in [1.165, 1.54) is 0 Å². The number of nitrogens with two attached hydrogens (primary N) is 1. The third-order valence-electron chi connectivity index (χ3n) is 4.78. The van der Waals surface area contributed by atoms with E-state index in [2.05, 4.69) is 34.1 Å². The van der Waals surface area contributed by atoms with Gasteiger partial charge in [0.05, 0.1) is 0 Å². The maximum atomic E-state index is 7.77. The first kappa shape index (κ1) is 17.0. The number of nitrogens with one attached hydrogen (secondary N) is 2. The minimum absolute atomic E-state index is 0.0196. The molecule has 132 valence electrons. The first-order chi connectivity index (χ1) is 11.5. The Hall–Kier alpha value is -1.86. The summed E-state index contributed by atoms with van der Waals surface area (Å²) in [6.07, 6.45) is 2.21. The molecule has 24 heavy (non-hydrogen) atoms. The van der Waals surface area contributed by atoms with E-state index in [0.29, 0.717) is 11.7 Å². The molecule has 0 aliphatic carbocycles. The van der Waals surface area contributed by atoms with Crippen LogP contribution in [0.15, 0.2) is 12.1 Å². The summed E-state index contributed by atoms with van der Waals surface area (Å²) in [6, 6.07) is 4.15. The van der Waals surface area contributed by atoms with Gasteiger partial charge in [-0.15, -0.1) is 0 Å². The van der Waals surface area contributed by atoms with Gasteiger partial charge in [0.25, 0.3) is 0 Å². The average molecular weight is 332 g/mol. The van der Waals surface area contributed by atoms with Crippen LogP contribution in [-0.4, -0.2) is 67.6 Å². The summed E-state index contributed by atoms with van der Waals surface area (Å²) in [6.45, 7) is 7.08. The Balaban J connectivity index is 1.83. The minimum Gasteiger partial charge on any atom is -0.490 e. The first-order valence-electron chi connectivity index (χ1n) is 8.72. The highest BCUT2D eigenvalue weighted by molar-refractivity contribution is 5.93. The van der Waals surface area contributed by atoms with Gasteiger partial charge >= 0.3 is 0 Å². The predicted octanol–water partition coefficient (Wildman–Crippen LogP) is 0.637. The van der Waals surface area contributed by atoms with Crippen LogP contribution in [-0.2, 0) is 0 Å². The van der Waals surface area contributed by atoms with Gasteiger partial charge in [-0.25, -0.2) is 4.98 Å². The number of nitrogen functional groups attached to an aromatic ring is 1. The van der Waals surface area contributed by atoms with Gasteiger partial charge in [0.1, 0.15) is 29.2 Å². The molecule has 3 rings (SSSR count). The van der Waals surface area contributed by atoms with Gasteiger partial charge in [-0.1, -0.05) is 0 Å². The van der Waals surface area contributed by atoms with Gasteiger partial charge in [0.2, 0.25) is 0 Å². The Morgan fingerprint density at radius 2 is 2.08 bits per heavy atom. The molecule has 0 unspecified atom stereocenters. The third kappa shape index (κ3) is 3.96. The van der Waals surface area contributed by atoms with Crippen LogP contribution in [0.5, 0.6) is 5.75 Å². The molecule has 0 radical (unpaired) electrons. The van der Waals surface area contributed by atoms with Crippen LogP contribution in [0.3, 0.4) is 0 Å². The molecular formula is C17H28N6O. The summed E-state index contributed by atoms with van der Waals surface area (Å²) in [5.41, 5.74) is 6.19. The monoisotopic (exact) mass is 332 g/mol. The number of amidine groups is 1. The molecule has 1 aromatic heterocycles. The van der Waals surface area contributed by atoms with E-state index >= 15 is 0 Å². The molecule has 2 saturated heterocycles. The molecule has 0 amide bonds. The fourth-order valence-electron chi connectivity index (χ4n) is 3.43. The molecule has 0 bridgehead atoms. The van der Waals surface area contributed by atoms with Crippen LogP contribution in [0.2, 0.25) is 0 Å². The van der Waals surface area contributed by atoms with Crippen molar-refractivity contribution < 1.29 is 4.74 Å². The van der Waals surface area contributed by atoms with E-state index in [0.717, 1.165) is 57.1 Å². The number of hydrogen-bond donors (Lipinski definition) is 3. The lowest BCUT2D eigenvalue weighted by atomic mass is 10.1. The number of ether oxygens (including phenoxy) is 1. The van der Waals surface area contributed by atoms with Crippen LogP contribution in [0.4, 0.5) is 5.82 Å². The summed E-state index contributed by atoms with van der Waals surface area (Å²) in [7, 11) is 2.14. The highest BCUT2D eigenvalue weighted by Gasteiger charge is 2.24. The van der Waals surface area contributed by atoms with Gasteiger partial charge in [0.15, 0.2) is 0 Å². The average Bonchev–Trinajstić information content (AvgIpc) is 2.55. The van der Waals surface area contributed by atoms with Crippen LogP contribution < -0.4 is 20.7 Å². The fourth-order valence-corrected chi connectivity index (χ4v) is 3.43. The SMILES string of the molecule is C[C@H]1CN(C)CCN1c1cc(OC2CCNCC2)cc(C(=N)N)n1. The lowest BCUT2D eigenvalue weighted by Gasteiger charge is -2.39. The number of hydrogen-bond acceptors (Lipinski definition) is 6. The molecular weight excluding hydrogens is 304 g/mol. The van der Waals surface area contributed by atoms with E-state index < -0.39 is 0 Å². The smallest absolute Gasteiger partial charge is 0.142 e. The molecule has 2 aliphatic heterocycles. The van der Waals surface area contributed by atoms with Crippen molar-refractivity contribution in [2.45, 2.75) is 31.9 Å². The Labute approximate surface area is 143 Å². The zero-order chi connectivity index (χ0) is 17.1. The van der Waals surface area contributed by atoms with Gasteiger partial charge in [-0.05, 0) is 39.9 Å². The molecule has 4 N–H and O–H groups in total. The molecule has 3 heterocycles. The van der Waals surface area contributed by atoms with Crippen molar-refractivity contribution in [3.63, 3.8) is 0 Å². The van der Waals surface area contributed by atoms with Crippen LogP contribution >= 0.6 is 0 Å². The second-order valence-electron chi connectivity index (χ2n) is 6.83. The third-order valence-corrected chi connectivity index (χ3v) is 4.78. The number of rotatable bonds is 4. The maximum Gasteiger partial charge on any atom is 0.142 e. The van der Waals surface area contributed by atoms with Crippen molar-refractivity contribution in [3.8, 4) is 5.75 Å². The van der Waals surface area contributed by atoms with Gasteiger partial charge in [-0.2, -0.15) is 0 Å². The number of piperazine rings is 1. The highest BCUT2D eigenvalue weighted by Crippen LogP contribution is 2.26. The number of anilines is 1. The minimum atomic E-state index is -0.0196. The van der Waals surface area contributed by atoms with Gasteiger partial charge in [0, 0.05) is 37.8 Å². The summed E-state index contributed by atoms with van der Waals surface area (Å²) >= 11 is 0. The molecule has 0 spiro atoms. The standard InChI is InChI=1S/C17H28N6O/c1-12-11-22(2)7-8-23(12)16-10-14(9-15(21-16)17(18)19)24-13-3-5-20-6-4-13/h9-10,12-13,20H,3-8,11H2,1-2H3,(H3,18,19)/t12-/m0/s1. The highest BCUT2D eigenvalue weighted by atomic mass is 16.5. The first-order valence-corrected chi connectivity index (χ1v) is 8.72. The molecule has 7 nitrogen and oxygen atoms in total. The molecule has 1 aromatic rings. The Bertz CT molecular complexity index is 586. The largest absolute Gasteiger partial charge is 0.490 e. The molecule has 0 saturated carbocycles. The number of aromatic nitrogens is 1. The van der Waals surface area contributed by atoms with Crippen LogP contribution in [0, 0.1) is 5.41 Å². The van der Waals surface area contributed by atoms with Crippen molar-refractivity contribution in [1.29, 1.82) is 5.41 Å². The van der Waals surface area contributed by atoms with Gasteiger partial charge < -0.3 is 25.6 Å². The van der Waals surface area contributed by atoms with Crippen LogP contribution in [0.25, 0.3) is 0 Å². The lowest BCUT2D eigenvalue weighted by Crippen LogP contribution is -2.51. The van der Waals surface area contributed by atoms with Gasteiger partial charge in [-0.3, -0.25) is 5.41 Å². The van der Waals surface area contributed by atoms with Crippen molar-refractivity contribution in [3.05, 3.63) is 17.8 Å². The topological polar surface area (TPSA) is 90.5 Å². The zero-order valence-electron chi connectivity index (χ0n) is 14.6. The van der Waals surface area contributed by atoms with E-state index in [1.807, 2.05) is 6.07 Å². The molecule has 1 atom stereocenters. The van der Waals surface area contributed by atoms with Crippen molar-refractivity contribution in [2.24, 2.45) is 5.73 Å². The fraction of sp³-hybridized carbons (Fsp3) is 0.647. The lowest BCUT2D eigenvalue weighted by molar-refractivity contribution is 0.162. The number of likely N-dealkylation sites (N-methyl/N-ethyl adjacent to an activating group) is 1. The molecule has 7 heteroatoms. The van der Waals surface area contributed by atoms with E-state index in [-0.39, 0.29) is 11.9 Å². The summed E-state index contributed by atoms with van der Waals surface area (Å²) in [4.78, 5) is 9.19. The number of piperidine rings is 1. The van der Waals surface area contributed by atoms with Crippen LogP contribution in [0.1, 0.15) is 25.5 Å². The molecule has 0 aromatic carbocycles.